The molecule has 2 saturated heterocycles. The third-order valence-electron chi connectivity index (χ3n) is 5.66. The van der Waals surface area contributed by atoms with Crippen LogP contribution in [0, 0.1) is 5.82 Å². The first-order valence-electron chi connectivity index (χ1n) is 10.2. The Hall–Kier alpha value is -1.66. The number of carbonyl (C=O) groups is 1. The van der Waals surface area contributed by atoms with Crippen LogP contribution in [0.25, 0.3) is 0 Å². The van der Waals surface area contributed by atoms with E-state index in [-0.39, 0.29) is 11.9 Å². The van der Waals surface area contributed by atoms with Crippen molar-refractivity contribution in [3.05, 3.63) is 30.1 Å². The maximum Gasteiger partial charge on any atom is 0.239 e. The van der Waals surface area contributed by atoms with Gasteiger partial charge in [-0.15, -0.1) is 0 Å². The molecule has 0 spiro atoms. The molecule has 0 radical (unpaired) electrons. The van der Waals surface area contributed by atoms with Crippen LogP contribution in [0.15, 0.2) is 24.3 Å². The molecule has 1 atom stereocenters. The van der Waals surface area contributed by atoms with Gasteiger partial charge in [-0.25, -0.2) is 4.39 Å². The smallest absolute Gasteiger partial charge is 0.239 e. The van der Waals surface area contributed by atoms with Crippen LogP contribution in [0.4, 0.5) is 4.39 Å². The van der Waals surface area contributed by atoms with Gasteiger partial charge in [-0.05, 0) is 70.1 Å². The Kier molecular flexibility index (Phi) is 7.47. The second kappa shape index (κ2) is 10.0. The summed E-state index contributed by atoms with van der Waals surface area (Å²) >= 11 is 0. The predicted octanol–water partition coefficient (Wildman–Crippen LogP) is 2.61. The van der Waals surface area contributed by atoms with Crippen molar-refractivity contribution >= 4 is 5.91 Å². The van der Waals surface area contributed by atoms with Crippen molar-refractivity contribution in [2.75, 3.05) is 52.9 Å². The van der Waals surface area contributed by atoms with Crippen LogP contribution in [0.2, 0.25) is 0 Å². The van der Waals surface area contributed by atoms with E-state index in [1.165, 1.54) is 18.6 Å². The largest absolute Gasteiger partial charge is 0.494 e. The zero-order valence-electron chi connectivity index (χ0n) is 16.4. The number of piperidine rings is 1. The molecule has 150 valence electrons. The zero-order chi connectivity index (χ0) is 19.1. The topological polar surface area (TPSA) is 36.0 Å². The molecule has 1 aromatic rings. The van der Waals surface area contributed by atoms with E-state index in [0.717, 1.165) is 65.0 Å². The molecule has 6 heteroatoms. The summed E-state index contributed by atoms with van der Waals surface area (Å²) in [6.45, 7) is 6.27. The Balaban J connectivity index is 1.37. The van der Waals surface area contributed by atoms with Crippen molar-refractivity contribution in [2.24, 2.45) is 0 Å². The molecule has 2 aliphatic rings. The maximum absolute atomic E-state index is 12.9. The van der Waals surface area contributed by atoms with E-state index in [9.17, 15) is 9.18 Å². The molecular weight excluding hydrogens is 345 g/mol. The van der Waals surface area contributed by atoms with Gasteiger partial charge in [0.1, 0.15) is 11.6 Å². The fraction of sp³-hybridized carbons (Fsp3) is 0.667. The van der Waals surface area contributed by atoms with Gasteiger partial charge in [0, 0.05) is 26.2 Å². The summed E-state index contributed by atoms with van der Waals surface area (Å²) in [5.74, 6) is 0.782. The Bertz CT molecular complexity index is 596. The summed E-state index contributed by atoms with van der Waals surface area (Å²) in [7, 11) is 2.08. The van der Waals surface area contributed by atoms with Gasteiger partial charge in [-0.2, -0.15) is 0 Å². The molecule has 0 bridgehead atoms. The number of likely N-dealkylation sites (tertiary alicyclic amines) is 1. The van der Waals surface area contributed by atoms with Gasteiger partial charge in [0.2, 0.25) is 5.91 Å². The fourth-order valence-corrected chi connectivity index (χ4v) is 4.02. The van der Waals surface area contributed by atoms with Crippen LogP contribution in [0.3, 0.4) is 0 Å². The van der Waals surface area contributed by atoms with Gasteiger partial charge in [0.25, 0.3) is 0 Å². The molecular formula is C21H32FN3O2. The summed E-state index contributed by atoms with van der Waals surface area (Å²) in [5.41, 5.74) is 0. The molecule has 3 rings (SSSR count). The van der Waals surface area contributed by atoms with Crippen LogP contribution in [0.1, 0.15) is 32.1 Å². The number of halogens is 1. The van der Waals surface area contributed by atoms with Crippen molar-refractivity contribution in [1.82, 2.24) is 14.7 Å². The lowest BCUT2D eigenvalue weighted by Gasteiger charge is -2.35. The van der Waals surface area contributed by atoms with Crippen molar-refractivity contribution in [3.63, 3.8) is 0 Å². The molecule has 2 aliphatic heterocycles. The quantitative estimate of drug-likeness (QED) is 0.714. The van der Waals surface area contributed by atoms with Crippen LogP contribution < -0.4 is 4.74 Å². The molecule has 0 saturated carbocycles. The normalized spacial score (nSPS) is 22.4. The molecule has 5 nitrogen and oxygen atoms in total. The standard InChI is InChI=1S/C21H32FN3O2/c1-23-11-3-2-6-20(23)21(26)25-14-4-12-24(15-16-25)13-5-17-27-19-9-7-18(22)8-10-19/h7-10,20H,2-6,11-17H2,1H3. The van der Waals surface area contributed by atoms with Gasteiger partial charge in [-0.1, -0.05) is 6.42 Å². The number of ether oxygens (including phenoxy) is 1. The number of benzene rings is 1. The highest BCUT2D eigenvalue weighted by atomic mass is 19.1. The molecule has 2 heterocycles. The Morgan fingerprint density at radius 1 is 1.07 bits per heavy atom. The third-order valence-corrected chi connectivity index (χ3v) is 5.66. The third kappa shape index (κ3) is 5.91. The van der Waals surface area contributed by atoms with E-state index < -0.39 is 0 Å². The Morgan fingerprint density at radius 2 is 1.89 bits per heavy atom. The van der Waals surface area contributed by atoms with E-state index in [0.29, 0.717) is 18.3 Å². The van der Waals surface area contributed by atoms with Gasteiger partial charge in [0.15, 0.2) is 0 Å². The van der Waals surface area contributed by atoms with Crippen molar-refractivity contribution in [1.29, 1.82) is 0 Å². The van der Waals surface area contributed by atoms with Crippen molar-refractivity contribution in [2.45, 2.75) is 38.1 Å². The minimum absolute atomic E-state index is 0.0782. The summed E-state index contributed by atoms with van der Waals surface area (Å²) < 4.78 is 18.6. The Labute approximate surface area is 162 Å². The first kappa shape index (κ1) is 20.1. The van der Waals surface area contributed by atoms with E-state index in [2.05, 4.69) is 21.7 Å². The predicted molar refractivity (Wildman–Crippen MR) is 104 cm³/mol. The number of hydrogen-bond acceptors (Lipinski definition) is 4. The second-order valence-corrected chi connectivity index (χ2v) is 7.67. The van der Waals surface area contributed by atoms with Gasteiger partial charge in [0.05, 0.1) is 12.6 Å². The van der Waals surface area contributed by atoms with Gasteiger partial charge in [-0.3, -0.25) is 9.69 Å². The molecule has 1 unspecified atom stereocenters. The maximum atomic E-state index is 12.9. The van der Waals surface area contributed by atoms with E-state index in [1.54, 1.807) is 12.1 Å². The lowest BCUT2D eigenvalue weighted by Crippen LogP contribution is -2.50. The monoisotopic (exact) mass is 377 g/mol. The lowest BCUT2D eigenvalue weighted by atomic mass is 10.0. The van der Waals surface area contributed by atoms with Crippen LogP contribution in [-0.2, 0) is 4.79 Å². The summed E-state index contributed by atoms with van der Waals surface area (Å²) in [6, 6.07) is 6.23. The summed E-state index contributed by atoms with van der Waals surface area (Å²) in [5, 5.41) is 0. The first-order chi connectivity index (χ1) is 13.1. The first-order valence-corrected chi connectivity index (χ1v) is 10.2. The minimum atomic E-state index is -0.245. The second-order valence-electron chi connectivity index (χ2n) is 7.67. The molecule has 1 aromatic carbocycles. The average molecular weight is 378 g/mol. The van der Waals surface area contributed by atoms with Gasteiger partial charge < -0.3 is 14.5 Å². The van der Waals surface area contributed by atoms with Crippen molar-refractivity contribution in [3.8, 4) is 5.75 Å². The summed E-state index contributed by atoms with van der Waals surface area (Å²) in [4.78, 5) is 19.6. The van der Waals surface area contributed by atoms with E-state index >= 15 is 0 Å². The number of carbonyl (C=O) groups excluding carboxylic acids is 1. The average Bonchev–Trinajstić information content (AvgIpc) is 2.92. The summed E-state index contributed by atoms with van der Waals surface area (Å²) in [6.07, 6.45) is 5.32. The molecule has 27 heavy (non-hydrogen) atoms. The molecule has 0 aromatic heterocycles. The number of rotatable bonds is 6. The van der Waals surface area contributed by atoms with Crippen LogP contribution in [-0.4, -0.2) is 79.6 Å². The lowest BCUT2D eigenvalue weighted by molar-refractivity contribution is -0.137. The fourth-order valence-electron chi connectivity index (χ4n) is 4.02. The van der Waals surface area contributed by atoms with Crippen molar-refractivity contribution < 1.29 is 13.9 Å². The number of hydrogen-bond donors (Lipinski definition) is 0. The number of nitrogens with zero attached hydrogens (tertiary/aromatic N) is 3. The minimum Gasteiger partial charge on any atom is -0.494 e. The van der Waals surface area contributed by atoms with Gasteiger partial charge >= 0.3 is 0 Å². The number of likely N-dealkylation sites (N-methyl/N-ethyl adjacent to an activating group) is 1. The van der Waals surface area contributed by atoms with E-state index in [4.69, 9.17) is 4.74 Å². The molecule has 0 N–H and O–H groups in total. The molecule has 0 aliphatic carbocycles. The zero-order valence-corrected chi connectivity index (χ0v) is 16.4. The Morgan fingerprint density at radius 3 is 2.67 bits per heavy atom. The SMILES string of the molecule is CN1CCCCC1C(=O)N1CCCN(CCCOc2ccc(F)cc2)CC1. The van der Waals surface area contributed by atoms with Crippen LogP contribution >= 0.6 is 0 Å². The highest BCUT2D eigenvalue weighted by Gasteiger charge is 2.30. The molecule has 1 amide bonds. The van der Waals surface area contributed by atoms with Crippen LogP contribution in [0.5, 0.6) is 5.75 Å². The molecule has 2 fully saturated rings. The highest BCUT2D eigenvalue weighted by Crippen LogP contribution is 2.18. The number of amides is 1. The van der Waals surface area contributed by atoms with E-state index in [1.807, 2.05) is 0 Å². The highest BCUT2D eigenvalue weighted by molar-refractivity contribution is 5.82.